The third-order valence-electron chi connectivity index (χ3n) is 6.08. The highest BCUT2D eigenvalue weighted by molar-refractivity contribution is 6.03. The van der Waals surface area contributed by atoms with Crippen LogP contribution in [0.5, 0.6) is 0 Å². The quantitative estimate of drug-likeness (QED) is 0.248. The molecule has 2 N–H and O–H groups in total. The Morgan fingerprint density at radius 3 is 2.62 bits per heavy atom. The highest BCUT2D eigenvalue weighted by Crippen LogP contribution is 2.33. The summed E-state index contributed by atoms with van der Waals surface area (Å²) in [5, 5.41) is 7.17. The number of nitrogens with zero attached hydrogens (tertiary/aromatic N) is 5. The number of amides is 1. The van der Waals surface area contributed by atoms with E-state index in [0.29, 0.717) is 40.9 Å². The first-order chi connectivity index (χ1) is 17.8. The summed E-state index contributed by atoms with van der Waals surface area (Å²) < 4.78 is 2.01. The predicted octanol–water partition coefficient (Wildman–Crippen LogP) is 4.41. The van der Waals surface area contributed by atoms with Crippen LogP contribution in [0.3, 0.4) is 0 Å². The fraction of sp³-hybridized carbons (Fsp3) is 0.214. The molecule has 0 aliphatic carbocycles. The topological polar surface area (TPSA) is 95.4 Å². The standard InChI is InChI=1S/C28H31N7O2/c1-6-27(37)30-23-16-22(20(18-36)15-25(23)34(5)14-13-33(3)4)31-28-29-12-11-26(32-28)35-17-19(2)21-9-7-8-10-24(21)35/h6-12,15-18H,1,13-14H2,2-5H3,(H,30,37)(H,29,31,32). The van der Waals surface area contributed by atoms with Crippen LogP contribution in [0.25, 0.3) is 16.7 Å². The molecule has 0 spiro atoms. The van der Waals surface area contributed by atoms with Crippen LogP contribution in [0, 0.1) is 6.92 Å². The van der Waals surface area contributed by atoms with Crippen LogP contribution in [0.15, 0.2) is 67.5 Å². The first kappa shape index (κ1) is 25.6. The van der Waals surface area contributed by atoms with Gasteiger partial charge in [-0.1, -0.05) is 24.8 Å². The zero-order chi connectivity index (χ0) is 26.5. The van der Waals surface area contributed by atoms with Crippen LogP contribution in [-0.4, -0.2) is 65.9 Å². The first-order valence-corrected chi connectivity index (χ1v) is 11.9. The van der Waals surface area contributed by atoms with Crippen LogP contribution in [0.2, 0.25) is 0 Å². The molecule has 9 heteroatoms. The molecule has 4 rings (SSSR count). The number of aldehydes is 1. The number of hydrogen-bond donors (Lipinski definition) is 2. The van der Waals surface area contributed by atoms with Crippen molar-refractivity contribution in [1.82, 2.24) is 19.4 Å². The number of benzene rings is 2. The molecule has 2 heterocycles. The van der Waals surface area contributed by atoms with Crippen molar-refractivity contribution >= 4 is 46.1 Å². The van der Waals surface area contributed by atoms with Crippen molar-refractivity contribution in [1.29, 1.82) is 0 Å². The summed E-state index contributed by atoms with van der Waals surface area (Å²) in [5.41, 5.74) is 4.33. The Morgan fingerprint density at radius 1 is 1.11 bits per heavy atom. The van der Waals surface area contributed by atoms with Crippen molar-refractivity contribution in [3.8, 4) is 5.82 Å². The number of likely N-dealkylation sites (N-methyl/N-ethyl adjacent to an activating group) is 2. The summed E-state index contributed by atoms with van der Waals surface area (Å²) in [7, 11) is 5.90. The van der Waals surface area contributed by atoms with E-state index in [0.717, 1.165) is 29.3 Å². The van der Waals surface area contributed by atoms with E-state index < -0.39 is 0 Å². The van der Waals surface area contributed by atoms with Gasteiger partial charge < -0.3 is 25.0 Å². The minimum absolute atomic E-state index is 0.325. The lowest BCUT2D eigenvalue weighted by atomic mass is 10.1. The molecular weight excluding hydrogens is 466 g/mol. The van der Waals surface area contributed by atoms with Crippen molar-refractivity contribution in [3.05, 3.63) is 78.6 Å². The van der Waals surface area contributed by atoms with Gasteiger partial charge in [-0.05, 0) is 56.9 Å². The monoisotopic (exact) mass is 497 g/mol. The number of aryl methyl sites for hydroxylation is 1. The smallest absolute Gasteiger partial charge is 0.247 e. The molecule has 4 aromatic rings. The molecular formula is C28H31N7O2. The van der Waals surface area contributed by atoms with Gasteiger partial charge in [0.15, 0.2) is 6.29 Å². The summed E-state index contributed by atoms with van der Waals surface area (Å²) in [6.45, 7) is 7.11. The highest BCUT2D eigenvalue weighted by Gasteiger charge is 2.16. The van der Waals surface area contributed by atoms with Crippen LogP contribution in [-0.2, 0) is 4.79 Å². The van der Waals surface area contributed by atoms with Gasteiger partial charge in [0.2, 0.25) is 11.9 Å². The van der Waals surface area contributed by atoms with E-state index in [1.54, 1.807) is 18.3 Å². The Morgan fingerprint density at radius 2 is 1.89 bits per heavy atom. The van der Waals surface area contributed by atoms with E-state index in [-0.39, 0.29) is 5.91 Å². The maximum absolute atomic E-state index is 12.2. The van der Waals surface area contributed by atoms with Gasteiger partial charge in [0.05, 0.1) is 22.6 Å². The predicted molar refractivity (Wildman–Crippen MR) is 149 cm³/mol. The van der Waals surface area contributed by atoms with E-state index in [1.165, 1.54) is 6.08 Å². The van der Waals surface area contributed by atoms with Crippen LogP contribution in [0.1, 0.15) is 15.9 Å². The second kappa shape index (κ2) is 11.0. The molecule has 2 aromatic heterocycles. The highest BCUT2D eigenvalue weighted by atomic mass is 16.1. The van der Waals surface area contributed by atoms with Gasteiger partial charge >= 0.3 is 0 Å². The van der Waals surface area contributed by atoms with Crippen LogP contribution < -0.4 is 15.5 Å². The lowest BCUT2D eigenvalue weighted by Crippen LogP contribution is -2.29. The Balaban J connectivity index is 1.71. The van der Waals surface area contributed by atoms with Gasteiger partial charge in [-0.25, -0.2) is 4.98 Å². The molecule has 37 heavy (non-hydrogen) atoms. The van der Waals surface area contributed by atoms with E-state index in [9.17, 15) is 9.59 Å². The molecule has 0 saturated carbocycles. The lowest BCUT2D eigenvalue weighted by Gasteiger charge is -2.25. The molecule has 0 aliphatic rings. The summed E-state index contributed by atoms with van der Waals surface area (Å²) in [5.74, 6) is 0.667. The second-order valence-corrected chi connectivity index (χ2v) is 9.06. The number of hydrogen-bond acceptors (Lipinski definition) is 7. The van der Waals surface area contributed by atoms with E-state index in [2.05, 4.69) is 40.1 Å². The normalized spacial score (nSPS) is 10.9. The number of carbonyl (C=O) groups excluding carboxylic acids is 2. The number of para-hydroxylation sites is 1. The molecule has 0 unspecified atom stereocenters. The van der Waals surface area contributed by atoms with Crippen LogP contribution >= 0.6 is 0 Å². The van der Waals surface area contributed by atoms with Gasteiger partial charge in [0, 0.05) is 43.5 Å². The summed E-state index contributed by atoms with van der Waals surface area (Å²) >= 11 is 0. The summed E-state index contributed by atoms with van der Waals surface area (Å²) in [6, 6.07) is 13.4. The van der Waals surface area contributed by atoms with Gasteiger partial charge in [0.1, 0.15) is 5.82 Å². The average Bonchev–Trinajstić information content (AvgIpc) is 3.24. The number of carbonyl (C=O) groups is 2. The van der Waals surface area contributed by atoms with Gasteiger partial charge in [-0.3, -0.25) is 9.59 Å². The molecule has 0 saturated heterocycles. The number of nitrogens with one attached hydrogen (secondary N) is 2. The van der Waals surface area contributed by atoms with Gasteiger partial charge in [-0.15, -0.1) is 0 Å². The number of aromatic nitrogens is 3. The molecule has 0 aliphatic heterocycles. The molecule has 0 bridgehead atoms. The fourth-order valence-electron chi connectivity index (χ4n) is 4.08. The minimum Gasteiger partial charge on any atom is -0.372 e. The number of fused-ring (bicyclic) bond motifs is 1. The Kier molecular flexibility index (Phi) is 7.64. The maximum atomic E-state index is 12.2. The first-order valence-electron chi connectivity index (χ1n) is 11.9. The van der Waals surface area contributed by atoms with E-state index >= 15 is 0 Å². The Hall–Kier alpha value is -4.50. The third kappa shape index (κ3) is 5.68. The van der Waals surface area contributed by atoms with Crippen molar-refractivity contribution in [2.75, 3.05) is 49.8 Å². The fourth-order valence-corrected chi connectivity index (χ4v) is 4.08. The minimum atomic E-state index is -0.347. The van der Waals surface area contributed by atoms with Crippen molar-refractivity contribution < 1.29 is 9.59 Å². The van der Waals surface area contributed by atoms with Crippen LogP contribution in [0.4, 0.5) is 23.0 Å². The maximum Gasteiger partial charge on any atom is 0.247 e. The number of anilines is 4. The Bertz CT molecular complexity index is 1460. The Labute approximate surface area is 216 Å². The lowest BCUT2D eigenvalue weighted by molar-refractivity contribution is -0.111. The van der Waals surface area contributed by atoms with Crippen molar-refractivity contribution in [2.24, 2.45) is 0 Å². The zero-order valence-electron chi connectivity index (χ0n) is 21.5. The molecule has 1 amide bonds. The molecule has 0 fully saturated rings. The molecule has 2 aromatic carbocycles. The summed E-state index contributed by atoms with van der Waals surface area (Å²) in [4.78, 5) is 37.4. The average molecular weight is 498 g/mol. The van der Waals surface area contributed by atoms with Crippen molar-refractivity contribution in [3.63, 3.8) is 0 Å². The van der Waals surface area contributed by atoms with E-state index in [4.69, 9.17) is 4.98 Å². The number of rotatable bonds is 10. The largest absolute Gasteiger partial charge is 0.372 e. The second-order valence-electron chi connectivity index (χ2n) is 9.06. The molecule has 0 atom stereocenters. The molecule has 0 radical (unpaired) electrons. The molecule has 9 nitrogen and oxygen atoms in total. The zero-order valence-corrected chi connectivity index (χ0v) is 21.5. The summed E-state index contributed by atoms with van der Waals surface area (Å²) in [6.07, 6.45) is 5.69. The third-order valence-corrected chi connectivity index (χ3v) is 6.08. The van der Waals surface area contributed by atoms with Crippen molar-refractivity contribution in [2.45, 2.75) is 6.92 Å². The van der Waals surface area contributed by atoms with Gasteiger partial charge in [-0.2, -0.15) is 4.98 Å². The SMILES string of the molecule is C=CC(=O)Nc1cc(Nc2nccc(-n3cc(C)c4ccccc43)n2)c(C=O)cc1N(C)CCN(C)C. The van der Waals surface area contributed by atoms with E-state index in [1.807, 2.05) is 61.1 Å². The molecule has 190 valence electrons. The van der Waals surface area contributed by atoms with Gasteiger partial charge in [0.25, 0.3) is 0 Å².